The molecule has 1 rings (SSSR count). The van der Waals surface area contributed by atoms with Crippen LogP contribution in [0.3, 0.4) is 0 Å². The van der Waals surface area contributed by atoms with E-state index in [0.29, 0.717) is 6.54 Å². The number of carbonyl (C=O) groups is 1. The van der Waals surface area contributed by atoms with E-state index in [-0.39, 0.29) is 29.8 Å². The van der Waals surface area contributed by atoms with Gasteiger partial charge in [0.2, 0.25) is 5.91 Å². The average molecular weight is 244 g/mol. The van der Waals surface area contributed by atoms with Crippen molar-refractivity contribution in [1.29, 1.82) is 0 Å². The van der Waals surface area contributed by atoms with Gasteiger partial charge in [0.1, 0.15) is 0 Å². The van der Waals surface area contributed by atoms with E-state index in [1.807, 2.05) is 6.92 Å². The van der Waals surface area contributed by atoms with E-state index in [0.717, 1.165) is 17.0 Å². The lowest BCUT2D eigenvalue weighted by molar-refractivity contribution is -0.122. The highest BCUT2D eigenvalue weighted by Gasteiger charge is 2.08. The third kappa shape index (κ3) is 3.46. The van der Waals surface area contributed by atoms with Gasteiger partial charge in [0.05, 0.1) is 6.61 Å². The van der Waals surface area contributed by atoms with E-state index in [2.05, 4.69) is 5.32 Å². The van der Waals surface area contributed by atoms with Crippen LogP contribution in [0.15, 0.2) is 10.2 Å². The normalized spacial score (nSPS) is 12.4. The Hall–Kier alpha value is -1.14. The number of hydrogen-bond donors (Lipinski definition) is 2. The fourth-order valence-corrected chi connectivity index (χ4v) is 2.04. The quantitative estimate of drug-likeness (QED) is 0.772. The predicted molar refractivity (Wildman–Crippen MR) is 62.6 cm³/mol. The summed E-state index contributed by atoms with van der Waals surface area (Å²) < 4.78 is 1.58. The lowest BCUT2D eigenvalue weighted by Crippen LogP contribution is -2.35. The van der Waals surface area contributed by atoms with Crippen molar-refractivity contribution >= 4 is 17.2 Å². The molecule has 0 aliphatic rings. The molecule has 6 heteroatoms. The zero-order chi connectivity index (χ0) is 12.1. The monoisotopic (exact) mass is 244 g/mol. The molecule has 0 spiro atoms. The van der Waals surface area contributed by atoms with Crippen molar-refractivity contribution in [2.45, 2.75) is 32.9 Å². The van der Waals surface area contributed by atoms with Gasteiger partial charge in [0.15, 0.2) is 0 Å². The van der Waals surface area contributed by atoms with Crippen molar-refractivity contribution in [1.82, 2.24) is 9.88 Å². The summed E-state index contributed by atoms with van der Waals surface area (Å²) in [4.78, 5) is 22.7. The van der Waals surface area contributed by atoms with Gasteiger partial charge in [-0.2, -0.15) is 0 Å². The molecule has 2 N–H and O–H groups in total. The van der Waals surface area contributed by atoms with E-state index < -0.39 is 0 Å². The Morgan fingerprint density at radius 2 is 2.38 bits per heavy atom. The fourth-order valence-electron chi connectivity index (χ4n) is 1.28. The molecule has 1 unspecified atom stereocenters. The summed E-state index contributed by atoms with van der Waals surface area (Å²) in [5.41, 5.74) is 0.873. The fraction of sp³-hybridized carbons (Fsp3) is 0.600. The summed E-state index contributed by atoms with van der Waals surface area (Å²) in [5.74, 6) is -0.154. The standard InChI is InChI=1S/C10H16N2O3S/c1-7(5-13)11-9(14)3-4-12-8(2)6-16-10(12)15/h6-7,13H,3-5H2,1-2H3,(H,11,14). The van der Waals surface area contributed by atoms with Gasteiger partial charge < -0.3 is 15.0 Å². The van der Waals surface area contributed by atoms with E-state index in [1.165, 1.54) is 0 Å². The van der Waals surface area contributed by atoms with Gasteiger partial charge in [-0.05, 0) is 13.8 Å². The molecule has 1 aromatic heterocycles. The molecular formula is C10H16N2O3S. The van der Waals surface area contributed by atoms with Crippen LogP contribution in [0.5, 0.6) is 0 Å². The molecule has 1 aromatic rings. The first kappa shape index (κ1) is 12.9. The highest BCUT2D eigenvalue weighted by molar-refractivity contribution is 7.07. The summed E-state index contributed by atoms with van der Waals surface area (Å²) in [6, 6.07) is -0.243. The van der Waals surface area contributed by atoms with Crippen LogP contribution in [0.25, 0.3) is 0 Å². The molecule has 0 aliphatic heterocycles. The molecule has 0 radical (unpaired) electrons. The molecule has 0 bridgehead atoms. The number of nitrogens with zero attached hydrogens (tertiary/aromatic N) is 1. The number of aromatic nitrogens is 1. The number of carbonyl (C=O) groups excluding carboxylic acids is 1. The Kier molecular flexibility index (Phi) is 4.70. The average Bonchev–Trinajstić information content (AvgIpc) is 2.56. The molecule has 0 saturated heterocycles. The SMILES string of the molecule is Cc1csc(=O)n1CCC(=O)NC(C)CO. The Labute approximate surface area is 97.7 Å². The zero-order valence-corrected chi connectivity index (χ0v) is 10.2. The van der Waals surface area contributed by atoms with Crippen LogP contribution in [0.1, 0.15) is 19.0 Å². The number of thiazole rings is 1. The van der Waals surface area contributed by atoms with Crippen molar-refractivity contribution < 1.29 is 9.90 Å². The first-order chi connectivity index (χ1) is 7.54. The van der Waals surface area contributed by atoms with Crippen molar-refractivity contribution in [3.8, 4) is 0 Å². The molecule has 1 heterocycles. The number of hydrogen-bond acceptors (Lipinski definition) is 4. The van der Waals surface area contributed by atoms with E-state index >= 15 is 0 Å². The van der Waals surface area contributed by atoms with Crippen molar-refractivity contribution in [3.63, 3.8) is 0 Å². The van der Waals surface area contributed by atoms with E-state index in [4.69, 9.17) is 5.11 Å². The van der Waals surface area contributed by atoms with Gasteiger partial charge in [-0.15, -0.1) is 0 Å². The topological polar surface area (TPSA) is 71.3 Å². The first-order valence-corrected chi connectivity index (χ1v) is 5.97. The molecule has 0 fully saturated rings. The van der Waals surface area contributed by atoms with E-state index in [1.54, 1.807) is 16.9 Å². The minimum absolute atomic E-state index is 0.0412. The van der Waals surface area contributed by atoms with Crippen LogP contribution < -0.4 is 10.2 Å². The van der Waals surface area contributed by atoms with Gasteiger partial charge >= 0.3 is 4.87 Å². The number of nitrogens with one attached hydrogen (secondary N) is 1. The zero-order valence-electron chi connectivity index (χ0n) is 9.40. The molecular weight excluding hydrogens is 228 g/mol. The lowest BCUT2D eigenvalue weighted by Gasteiger charge is -2.10. The maximum atomic E-state index is 11.4. The maximum Gasteiger partial charge on any atom is 0.307 e. The number of rotatable bonds is 5. The van der Waals surface area contributed by atoms with Crippen LogP contribution >= 0.6 is 11.3 Å². The minimum atomic E-state index is -0.243. The maximum absolute atomic E-state index is 11.4. The van der Waals surface area contributed by atoms with Crippen LogP contribution in [-0.4, -0.2) is 28.2 Å². The Balaban J connectivity index is 2.46. The Morgan fingerprint density at radius 3 is 2.88 bits per heavy atom. The lowest BCUT2D eigenvalue weighted by atomic mass is 10.3. The molecule has 0 aliphatic carbocycles. The molecule has 0 aromatic carbocycles. The van der Waals surface area contributed by atoms with Gasteiger partial charge in [-0.25, -0.2) is 0 Å². The van der Waals surface area contributed by atoms with Crippen LogP contribution in [0, 0.1) is 6.92 Å². The van der Waals surface area contributed by atoms with Crippen molar-refractivity contribution in [3.05, 3.63) is 20.7 Å². The van der Waals surface area contributed by atoms with Crippen LogP contribution in [0.4, 0.5) is 0 Å². The number of aliphatic hydroxyl groups excluding tert-OH is 1. The summed E-state index contributed by atoms with van der Waals surface area (Å²) >= 11 is 1.14. The number of aryl methyl sites for hydroxylation is 1. The smallest absolute Gasteiger partial charge is 0.307 e. The predicted octanol–water partition coefficient (Wildman–Crippen LogP) is 0.105. The number of amides is 1. The van der Waals surface area contributed by atoms with Gasteiger partial charge in [-0.3, -0.25) is 9.59 Å². The van der Waals surface area contributed by atoms with Gasteiger partial charge in [0.25, 0.3) is 0 Å². The molecule has 0 saturated carbocycles. The first-order valence-electron chi connectivity index (χ1n) is 5.09. The molecule has 1 amide bonds. The van der Waals surface area contributed by atoms with Crippen LogP contribution in [-0.2, 0) is 11.3 Å². The summed E-state index contributed by atoms with van der Waals surface area (Å²) in [6.45, 7) is 3.87. The second-order valence-electron chi connectivity index (χ2n) is 3.70. The Morgan fingerprint density at radius 1 is 1.69 bits per heavy atom. The third-order valence-electron chi connectivity index (χ3n) is 2.22. The van der Waals surface area contributed by atoms with Gasteiger partial charge in [-0.1, -0.05) is 11.3 Å². The van der Waals surface area contributed by atoms with Crippen molar-refractivity contribution in [2.75, 3.05) is 6.61 Å². The highest BCUT2D eigenvalue weighted by atomic mass is 32.1. The Bertz CT molecular complexity index is 410. The molecule has 5 nitrogen and oxygen atoms in total. The molecule has 90 valence electrons. The summed E-state index contributed by atoms with van der Waals surface area (Å²) in [5, 5.41) is 13.2. The van der Waals surface area contributed by atoms with Gasteiger partial charge in [0, 0.05) is 30.1 Å². The molecule has 1 atom stereocenters. The highest BCUT2D eigenvalue weighted by Crippen LogP contribution is 2.00. The summed E-state index contributed by atoms with van der Waals surface area (Å²) in [7, 11) is 0. The largest absolute Gasteiger partial charge is 0.394 e. The molecule has 16 heavy (non-hydrogen) atoms. The van der Waals surface area contributed by atoms with Crippen LogP contribution in [0.2, 0.25) is 0 Å². The second kappa shape index (κ2) is 5.81. The summed E-state index contributed by atoms with van der Waals surface area (Å²) in [6.07, 6.45) is 0.252. The minimum Gasteiger partial charge on any atom is -0.394 e. The van der Waals surface area contributed by atoms with Crippen molar-refractivity contribution in [2.24, 2.45) is 0 Å². The number of aliphatic hydroxyl groups is 1. The third-order valence-corrected chi connectivity index (χ3v) is 3.10. The second-order valence-corrected chi connectivity index (χ2v) is 4.52. The van der Waals surface area contributed by atoms with E-state index in [9.17, 15) is 9.59 Å².